The minimum absolute atomic E-state index is 0.137. The summed E-state index contributed by atoms with van der Waals surface area (Å²) in [6, 6.07) is 0.380. The maximum Gasteiger partial charge on any atom is 0.0780 e. The molecule has 4 heteroatoms. The van der Waals surface area contributed by atoms with E-state index in [0.29, 0.717) is 19.3 Å². The Bertz CT molecular complexity index is 193. The number of aliphatic hydroxyl groups excluding tert-OH is 1. The minimum atomic E-state index is -0.165. The van der Waals surface area contributed by atoms with E-state index < -0.39 is 0 Å². The van der Waals surface area contributed by atoms with Crippen LogP contribution in [-0.4, -0.2) is 49.7 Å². The molecule has 0 spiro atoms. The molecule has 0 aromatic carbocycles. The summed E-state index contributed by atoms with van der Waals surface area (Å²) in [6.45, 7) is 9.86. The smallest absolute Gasteiger partial charge is 0.0780 e. The lowest BCUT2D eigenvalue weighted by atomic mass is 9.90. The molecule has 0 aliphatic heterocycles. The molecule has 0 saturated carbocycles. The Morgan fingerprint density at radius 1 is 1.28 bits per heavy atom. The Hall–Kier alpha value is -0.160. The summed E-state index contributed by atoms with van der Waals surface area (Å²) in [5.74, 6) is 0. The molecule has 0 amide bonds. The molecule has 18 heavy (non-hydrogen) atoms. The first-order valence-corrected chi connectivity index (χ1v) is 6.98. The van der Waals surface area contributed by atoms with Crippen LogP contribution in [0.2, 0.25) is 0 Å². The standard InChI is InChI=1S/C14H31NO3/c1-6-14(11-16,15-12(2)3)8-7-9-18-13(4)10-17-5/h12-13,15-16H,6-11H2,1-5H3. The van der Waals surface area contributed by atoms with Crippen molar-refractivity contribution < 1.29 is 14.6 Å². The summed E-state index contributed by atoms with van der Waals surface area (Å²) in [6.07, 6.45) is 2.94. The van der Waals surface area contributed by atoms with Crippen molar-refractivity contribution in [3.8, 4) is 0 Å². The van der Waals surface area contributed by atoms with Crippen LogP contribution in [0.4, 0.5) is 0 Å². The van der Waals surface area contributed by atoms with Crippen molar-refractivity contribution in [2.24, 2.45) is 0 Å². The van der Waals surface area contributed by atoms with Gasteiger partial charge in [0.1, 0.15) is 0 Å². The number of nitrogens with one attached hydrogen (secondary N) is 1. The van der Waals surface area contributed by atoms with Gasteiger partial charge in [-0.05, 0) is 26.2 Å². The second-order valence-electron chi connectivity index (χ2n) is 5.33. The zero-order chi connectivity index (χ0) is 14.0. The summed E-state index contributed by atoms with van der Waals surface area (Å²) < 4.78 is 10.7. The van der Waals surface area contributed by atoms with E-state index >= 15 is 0 Å². The largest absolute Gasteiger partial charge is 0.394 e. The highest BCUT2D eigenvalue weighted by Crippen LogP contribution is 2.18. The second-order valence-corrected chi connectivity index (χ2v) is 5.33. The van der Waals surface area contributed by atoms with E-state index in [9.17, 15) is 5.11 Å². The van der Waals surface area contributed by atoms with Crippen LogP contribution in [-0.2, 0) is 9.47 Å². The van der Waals surface area contributed by atoms with Gasteiger partial charge < -0.3 is 19.9 Å². The van der Waals surface area contributed by atoms with Gasteiger partial charge in [0.25, 0.3) is 0 Å². The maximum atomic E-state index is 9.59. The molecule has 110 valence electrons. The van der Waals surface area contributed by atoms with E-state index in [1.54, 1.807) is 7.11 Å². The van der Waals surface area contributed by atoms with Crippen molar-refractivity contribution in [2.45, 2.75) is 64.6 Å². The zero-order valence-corrected chi connectivity index (χ0v) is 12.7. The third kappa shape index (κ3) is 7.31. The number of methoxy groups -OCH3 is 1. The van der Waals surface area contributed by atoms with Gasteiger partial charge in [0, 0.05) is 25.3 Å². The molecule has 0 aromatic rings. The molecular formula is C14H31NO3. The van der Waals surface area contributed by atoms with Crippen molar-refractivity contribution in [3.05, 3.63) is 0 Å². The minimum Gasteiger partial charge on any atom is -0.394 e. The lowest BCUT2D eigenvalue weighted by molar-refractivity contribution is 0.00379. The topological polar surface area (TPSA) is 50.7 Å². The van der Waals surface area contributed by atoms with Gasteiger partial charge in [0.2, 0.25) is 0 Å². The molecular weight excluding hydrogens is 230 g/mol. The summed E-state index contributed by atoms with van der Waals surface area (Å²) in [7, 11) is 1.68. The average molecular weight is 261 g/mol. The van der Waals surface area contributed by atoms with Crippen molar-refractivity contribution in [3.63, 3.8) is 0 Å². The van der Waals surface area contributed by atoms with E-state index in [1.807, 2.05) is 6.92 Å². The molecule has 2 atom stereocenters. The molecule has 0 aliphatic rings. The van der Waals surface area contributed by atoms with Crippen LogP contribution in [0.3, 0.4) is 0 Å². The van der Waals surface area contributed by atoms with Gasteiger partial charge in [0.05, 0.1) is 19.3 Å². The van der Waals surface area contributed by atoms with Gasteiger partial charge in [0.15, 0.2) is 0 Å². The third-order valence-electron chi connectivity index (χ3n) is 3.18. The predicted molar refractivity (Wildman–Crippen MR) is 74.9 cm³/mol. The highest BCUT2D eigenvalue weighted by atomic mass is 16.5. The molecule has 0 radical (unpaired) electrons. The lowest BCUT2D eigenvalue weighted by Gasteiger charge is -2.34. The monoisotopic (exact) mass is 261 g/mol. The van der Waals surface area contributed by atoms with Crippen molar-refractivity contribution >= 4 is 0 Å². The molecule has 4 nitrogen and oxygen atoms in total. The summed E-state index contributed by atoms with van der Waals surface area (Å²) in [4.78, 5) is 0. The first kappa shape index (κ1) is 17.8. The quantitative estimate of drug-likeness (QED) is 0.558. The Morgan fingerprint density at radius 2 is 1.94 bits per heavy atom. The number of rotatable bonds is 11. The summed E-state index contributed by atoms with van der Waals surface area (Å²) in [5, 5.41) is 13.1. The van der Waals surface area contributed by atoms with Gasteiger partial charge >= 0.3 is 0 Å². The van der Waals surface area contributed by atoms with Crippen LogP contribution in [0.5, 0.6) is 0 Å². The molecule has 0 fully saturated rings. The van der Waals surface area contributed by atoms with Gasteiger partial charge in [-0.3, -0.25) is 0 Å². The normalized spacial score (nSPS) is 16.8. The molecule has 0 heterocycles. The van der Waals surface area contributed by atoms with Crippen LogP contribution in [0, 0.1) is 0 Å². The highest BCUT2D eigenvalue weighted by molar-refractivity contribution is 4.87. The Balaban J connectivity index is 3.97. The fourth-order valence-corrected chi connectivity index (χ4v) is 2.18. The summed E-state index contributed by atoms with van der Waals surface area (Å²) >= 11 is 0. The molecule has 0 saturated heterocycles. The number of aliphatic hydroxyl groups is 1. The summed E-state index contributed by atoms with van der Waals surface area (Å²) in [5.41, 5.74) is -0.165. The van der Waals surface area contributed by atoms with Crippen LogP contribution in [0.1, 0.15) is 47.0 Å². The first-order chi connectivity index (χ1) is 8.49. The first-order valence-electron chi connectivity index (χ1n) is 6.98. The maximum absolute atomic E-state index is 9.59. The van der Waals surface area contributed by atoms with E-state index in [2.05, 4.69) is 26.1 Å². The molecule has 0 rings (SSSR count). The van der Waals surface area contributed by atoms with Gasteiger partial charge in [-0.1, -0.05) is 20.8 Å². The van der Waals surface area contributed by atoms with E-state index in [1.165, 1.54) is 0 Å². The van der Waals surface area contributed by atoms with Crippen molar-refractivity contribution in [2.75, 3.05) is 26.9 Å². The molecule has 2 N–H and O–H groups in total. The second kappa shape index (κ2) is 9.73. The SMILES string of the molecule is CCC(CO)(CCCOC(C)COC)NC(C)C. The highest BCUT2D eigenvalue weighted by Gasteiger charge is 2.27. The Morgan fingerprint density at radius 3 is 2.39 bits per heavy atom. The average Bonchev–Trinajstić information content (AvgIpc) is 2.33. The molecule has 0 bridgehead atoms. The van der Waals surface area contributed by atoms with Crippen LogP contribution < -0.4 is 5.32 Å². The van der Waals surface area contributed by atoms with Crippen molar-refractivity contribution in [1.29, 1.82) is 0 Å². The lowest BCUT2D eigenvalue weighted by Crippen LogP contribution is -2.51. The van der Waals surface area contributed by atoms with E-state index in [0.717, 1.165) is 19.3 Å². The van der Waals surface area contributed by atoms with Gasteiger partial charge in [-0.15, -0.1) is 0 Å². The zero-order valence-electron chi connectivity index (χ0n) is 12.7. The number of hydrogen-bond acceptors (Lipinski definition) is 4. The Labute approximate surface area is 112 Å². The molecule has 0 aliphatic carbocycles. The van der Waals surface area contributed by atoms with Gasteiger partial charge in [-0.2, -0.15) is 0 Å². The van der Waals surface area contributed by atoms with Crippen LogP contribution >= 0.6 is 0 Å². The third-order valence-corrected chi connectivity index (χ3v) is 3.18. The number of hydrogen-bond donors (Lipinski definition) is 2. The van der Waals surface area contributed by atoms with E-state index in [4.69, 9.17) is 9.47 Å². The molecule has 0 aromatic heterocycles. The fourth-order valence-electron chi connectivity index (χ4n) is 2.18. The van der Waals surface area contributed by atoms with E-state index in [-0.39, 0.29) is 18.2 Å². The Kier molecular flexibility index (Phi) is 9.64. The van der Waals surface area contributed by atoms with Gasteiger partial charge in [-0.25, -0.2) is 0 Å². The van der Waals surface area contributed by atoms with Crippen molar-refractivity contribution in [1.82, 2.24) is 5.32 Å². The number of ether oxygens (including phenoxy) is 2. The van der Waals surface area contributed by atoms with Crippen LogP contribution in [0.15, 0.2) is 0 Å². The predicted octanol–water partition coefficient (Wildman–Crippen LogP) is 1.96. The van der Waals surface area contributed by atoms with Crippen LogP contribution in [0.25, 0.3) is 0 Å². The fraction of sp³-hybridized carbons (Fsp3) is 1.00. The molecule has 2 unspecified atom stereocenters.